The van der Waals surface area contributed by atoms with Gasteiger partial charge in [-0.25, -0.2) is 4.79 Å². The van der Waals surface area contributed by atoms with Crippen LogP contribution in [0.1, 0.15) is 32.9 Å². The number of amides is 1. The summed E-state index contributed by atoms with van der Waals surface area (Å²) in [5, 5.41) is 15.6. The van der Waals surface area contributed by atoms with Crippen LogP contribution < -0.4 is 5.32 Å². The lowest BCUT2D eigenvalue weighted by Crippen LogP contribution is -2.16. The van der Waals surface area contributed by atoms with Crippen LogP contribution in [0.25, 0.3) is 0 Å². The third-order valence-electron chi connectivity index (χ3n) is 3.35. The Morgan fingerprint density at radius 3 is 2.61 bits per heavy atom. The van der Waals surface area contributed by atoms with E-state index < -0.39 is 5.97 Å². The van der Waals surface area contributed by atoms with Gasteiger partial charge in [-0.1, -0.05) is 5.16 Å². The number of benzene rings is 1. The van der Waals surface area contributed by atoms with Gasteiger partial charge >= 0.3 is 5.97 Å². The fraction of sp³-hybridized carbons (Fsp3) is 0.312. The number of ether oxygens (including phenoxy) is 1. The first-order valence-corrected chi connectivity index (χ1v) is 6.98. The molecule has 23 heavy (non-hydrogen) atoms. The molecule has 2 aromatic rings. The van der Waals surface area contributed by atoms with E-state index >= 15 is 0 Å². The quantitative estimate of drug-likeness (QED) is 0.847. The van der Waals surface area contributed by atoms with Gasteiger partial charge in [0.05, 0.1) is 24.3 Å². The second kappa shape index (κ2) is 7.06. The molecule has 7 heteroatoms. The molecule has 0 saturated heterocycles. The zero-order valence-corrected chi connectivity index (χ0v) is 13.2. The highest BCUT2D eigenvalue weighted by Gasteiger charge is 2.15. The number of nitrogens with one attached hydrogen (secondary N) is 1. The van der Waals surface area contributed by atoms with Crippen LogP contribution in [0.3, 0.4) is 0 Å². The van der Waals surface area contributed by atoms with Crippen molar-refractivity contribution in [2.75, 3.05) is 12.4 Å². The van der Waals surface area contributed by atoms with Crippen molar-refractivity contribution in [3.8, 4) is 0 Å². The molecule has 1 amide bonds. The van der Waals surface area contributed by atoms with Gasteiger partial charge in [-0.3, -0.25) is 4.79 Å². The number of aryl methyl sites for hydroxylation is 2. The van der Waals surface area contributed by atoms with Crippen LogP contribution in [0.2, 0.25) is 0 Å². The Bertz CT molecular complexity index is 717. The Morgan fingerprint density at radius 1 is 1.30 bits per heavy atom. The second-order valence-electron chi connectivity index (χ2n) is 5.18. The number of carboxylic acids is 1. The number of carbonyl (C=O) groups is 2. The molecule has 0 fully saturated rings. The fourth-order valence-corrected chi connectivity index (χ4v) is 2.26. The second-order valence-corrected chi connectivity index (χ2v) is 5.18. The molecule has 1 aromatic heterocycles. The molecule has 2 rings (SSSR count). The predicted molar refractivity (Wildman–Crippen MR) is 82.4 cm³/mol. The topological polar surface area (TPSA) is 102 Å². The van der Waals surface area contributed by atoms with Crippen molar-refractivity contribution in [3.05, 3.63) is 46.3 Å². The van der Waals surface area contributed by atoms with Crippen LogP contribution in [-0.2, 0) is 22.6 Å². The van der Waals surface area contributed by atoms with E-state index in [1.807, 2.05) is 0 Å². The summed E-state index contributed by atoms with van der Waals surface area (Å²) in [5.41, 5.74) is 2.56. The number of hydrogen-bond donors (Lipinski definition) is 2. The Morgan fingerprint density at radius 2 is 2.04 bits per heavy atom. The van der Waals surface area contributed by atoms with Crippen LogP contribution in [0.15, 0.2) is 22.7 Å². The molecule has 0 aliphatic carbocycles. The van der Waals surface area contributed by atoms with E-state index in [0.29, 0.717) is 22.7 Å². The van der Waals surface area contributed by atoms with Gasteiger partial charge in [0.1, 0.15) is 5.76 Å². The van der Waals surface area contributed by atoms with Gasteiger partial charge in [0.25, 0.3) is 0 Å². The first-order chi connectivity index (χ1) is 10.9. The van der Waals surface area contributed by atoms with Crippen molar-refractivity contribution >= 4 is 17.6 Å². The molecular formula is C16H18N2O5. The number of carboxylic acid groups (broad SMARTS) is 1. The molecule has 0 unspecified atom stereocenters. The minimum atomic E-state index is -1.07. The molecule has 0 aliphatic heterocycles. The highest BCUT2D eigenvalue weighted by atomic mass is 16.5. The maximum Gasteiger partial charge on any atom is 0.335 e. The number of hydrogen-bond acceptors (Lipinski definition) is 5. The van der Waals surface area contributed by atoms with Gasteiger partial charge in [-0.05, 0) is 37.6 Å². The molecular weight excluding hydrogens is 300 g/mol. The third kappa shape index (κ3) is 4.17. The van der Waals surface area contributed by atoms with Crippen molar-refractivity contribution in [3.63, 3.8) is 0 Å². The number of carbonyl (C=O) groups excluding carboxylic acids is 1. The number of anilines is 1. The summed E-state index contributed by atoms with van der Waals surface area (Å²) in [7, 11) is 1.52. The smallest absolute Gasteiger partial charge is 0.335 e. The van der Waals surface area contributed by atoms with Crippen molar-refractivity contribution in [2.45, 2.75) is 26.9 Å². The summed E-state index contributed by atoms with van der Waals surface area (Å²) in [4.78, 5) is 23.3. The van der Waals surface area contributed by atoms with Crippen molar-refractivity contribution in [1.82, 2.24) is 5.16 Å². The number of rotatable bonds is 6. The predicted octanol–water partition coefficient (Wildman–Crippen LogP) is 2.32. The van der Waals surface area contributed by atoms with Crippen molar-refractivity contribution in [1.29, 1.82) is 0 Å². The first-order valence-electron chi connectivity index (χ1n) is 6.98. The summed E-state index contributed by atoms with van der Waals surface area (Å²) < 4.78 is 10.0. The number of methoxy groups -OCH3 is 1. The van der Waals surface area contributed by atoms with E-state index in [4.69, 9.17) is 14.4 Å². The van der Waals surface area contributed by atoms with E-state index in [1.54, 1.807) is 19.9 Å². The lowest BCUT2D eigenvalue weighted by atomic mass is 10.1. The molecule has 122 valence electrons. The summed E-state index contributed by atoms with van der Waals surface area (Å²) in [6.45, 7) is 3.76. The molecule has 0 saturated carbocycles. The molecule has 0 spiro atoms. The summed E-state index contributed by atoms with van der Waals surface area (Å²) in [6, 6.07) is 4.60. The molecule has 7 nitrogen and oxygen atoms in total. The van der Waals surface area contributed by atoms with Gasteiger partial charge in [0.2, 0.25) is 5.91 Å². The van der Waals surface area contributed by atoms with Crippen LogP contribution >= 0.6 is 0 Å². The van der Waals surface area contributed by atoms with Gasteiger partial charge in [-0.15, -0.1) is 0 Å². The largest absolute Gasteiger partial charge is 0.478 e. The van der Waals surface area contributed by atoms with Crippen LogP contribution in [0, 0.1) is 13.8 Å². The Hall–Kier alpha value is -2.67. The van der Waals surface area contributed by atoms with Gasteiger partial charge in [0.15, 0.2) is 0 Å². The zero-order valence-electron chi connectivity index (χ0n) is 13.2. The van der Waals surface area contributed by atoms with Crippen LogP contribution in [0.4, 0.5) is 5.69 Å². The Kier molecular flexibility index (Phi) is 5.13. The fourth-order valence-electron chi connectivity index (χ4n) is 2.26. The maximum atomic E-state index is 12.2. The van der Waals surface area contributed by atoms with Crippen LogP contribution in [-0.4, -0.2) is 29.2 Å². The highest BCUT2D eigenvalue weighted by molar-refractivity contribution is 5.95. The SMILES string of the molecule is COCc1cc(NC(=O)Cc2c(C)noc2C)cc(C(=O)O)c1. The van der Waals surface area contributed by atoms with E-state index in [-0.39, 0.29) is 24.5 Å². The van der Waals surface area contributed by atoms with Gasteiger partial charge in [-0.2, -0.15) is 0 Å². The van der Waals surface area contributed by atoms with Gasteiger partial charge in [0, 0.05) is 18.4 Å². The maximum absolute atomic E-state index is 12.2. The first kappa shape index (κ1) is 16.7. The lowest BCUT2D eigenvalue weighted by molar-refractivity contribution is -0.115. The summed E-state index contributed by atoms with van der Waals surface area (Å²) in [6.07, 6.45) is 0.109. The molecule has 0 atom stereocenters. The van der Waals surface area contributed by atoms with Gasteiger partial charge < -0.3 is 19.7 Å². The minimum absolute atomic E-state index is 0.0900. The van der Waals surface area contributed by atoms with Crippen molar-refractivity contribution in [2.24, 2.45) is 0 Å². The molecule has 0 aliphatic rings. The average molecular weight is 318 g/mol. The minimum Gasteiger partial charge on any atom is -0.478 e. The highest BCUT2D eigenvalue weighted by Crippen LogP contribution is 2.18. The molecule has 1 aromatic carbocycles. The number of aromatic carboxylic acids is 1. The Balaban J connectivity index is 2.18. The van der Waals surface area contributed by atoms with Crippen molar-refractivity contribution < 1.29 is 24.0 Å². The standard InChI is InChI=1S/C16H18N2O5/c1-9-14(10(2)23-18-9)7-15(19)17-13-5-11(8-22-3)4-12(6-13)16(20)21/h4-6H,7-8H2,1-3H3,(H,17,19)(H,20,21). The lowest BCUT2D eigenvalue weighted by Gasteiger charge is -2.09. The number of aromatic nitrogens is 1. The van der Waals surface area contributed by atoms with E-state index in [9.17, 15) is 9.59 Å². The summed E-state index contributed by atoms with van der Waals surface area (Å²) >= 11 is 0. The van der Waals surface area contributed by atoms with Crippen LogP contribution in [0.5, 0.6) is 0 Å². The third-order valence-corrected chi connectivity index (χ3v) is 3.35. The van der Waals surface area contributed by atoms with E-state index in [0.717, 1.165) is 5.56 Å². The molecule has 1 heterocycles. The summed E-state index contributed by atoms with van der Waals surface area (Å²) in [5.74, 6) is -0.744. The average Bonchev–Trinajstić information content (AvgIpc) is 2.79. The van der Waals surface area contributed by atoms with E-state index in [1.165, 1.54) is 19.2 Å². The zero-order chi connectivity index (χ0) is 17.0. The number of nitrogens with zero attached hydrogens (tertiary/aromatic N) is 1. The van der Waals surface area contributed by atoms with E-state index in [2.05, 4.69) is 10.5 Å². The molecule has 2 N–H and O–H groups in total. The monoisotopic (exact) mass is 318 g/mol. The molecule has 0 bridgehead atoms. The molecule has 0 radical (unpaired) electrons. The normalized spacial score (nSPS) is 10.6. The Labute approximate surface area is 133 Å².